The number of aliphatic carboxylic acids is 1. The van der Waals surface area contributed by atoms with Gasteiger partial charge in [-0.3, -0.25) is 9.59 Å². The summed E-state index contributed by atoms with van der Waals surface area (Å²) in [6.45, 7) is 2.02. The summed E-state index contributed by atoms with van der Waals surface area (Å²) in [6.07, 6.45) is 4.88. The summed E-state index contributed by atoms with van der Waals surface area (Å²) >= 11 is 0. The largest absolute Gasteiger partial charge is 0.481 e. The third-order valence-corrected chi connectivity index (χ3v) is 5.35. The maximum Gasteiger partial charge on any atom is 0.306 e. The van der Waals surface area contributed by atoms with Crippen LogP contribution in [0.2, 0.25) is 0 Å². The van der Waals surface area contributed by atoms with Crippen molar-refractivity contribution in [1.82, 2.24) is 5.32 Å². The van der Waals surface area contributed by atoms with Crippen LogP contribution < -0.4 is 5.32 Å². The molecule has 1 amide bonds. The molecule has 4 nitrogen and oxygen atoms in total. The van der Waals surface area contributed by atoms with E-state index in [9.17, 15) is 9.59 Å². The van der Waals surface area contributed by atoms with Crippen LogP contribution in [0.1, 0.15) is 50.2 Å². The third kappa shape index (κ3) is 2.62. The standard InChI is InChI=1S/C18H23NO3/c1-18(10-4-6-12-5-2-3-7-15(12)18)17(22)19-14-9-8-13(11-14)16(20)21/h2-3,5,7,13-14H,4,6,8-11H2,1H3,(H,19,22)(H,20,21)/t13-,14+,18?/m1/s1. The molecule has 0 heterocycles. The first-order chi connectivity index (χ1) is 10.5. The number of carbonyl (C=O) groups excluding carboxylic acids is 1. The maximum atomic E-state index is 12.9. The monoisotopic (exact) mass is 301 g/mol. The second kappa shape index (κ2) is 5.75. The normalized spacial score (nSPS) is 30.6. The number of nitrogens with one attached hydrogen (secondary N) is 1. The van der Waals surface area contributed by atoms with Gasteiger partial charge in [-0.1, -0.05) is 24.3 Å². The lowest BCUT2D eigenvalue weighted by atomic mass is 9.70. The van der Waals surface area contributed by atoms with Gasteiger partial charge in [0.25, 0.3) is 0 Å². The molecule has 118 valence electrons. The van der Waals surface area contributed by atoms with E-state index < -0.39 is 11.4 Å². The van der Waals surface area contributed by atoms with E-state index in [0.717, 1.165) is 31.2 Å². The zero-order chi connectivity index (χ0) is 15.7. The molecule has 1 aromatic rings. The van der Waals surface area contributed by atoms with Crippen LogP contribution >= 0.6 is 0 Å². The number of amides is 1. The number of fused-ring (bicyclic) bond motifs is 1. The Hall–Kier alpha value is -1.84. The van der Waals surface area contributed by atoms with Gasteiger partial charge in [0.1, 0.15) is 0 Å². The summed E-state index contributed by atoms with van der Waals surface area (Å²) in [5.74, 6) is -1.00. The lowest BCUT2D eigenvalue weighted by molar-refractivity contribution is -0.141. The van der Waals surface area contributed by atoms with Gasteiger partial charge in [-0.05, 0) is 56.6 Å². The van der Waals surface area contributed by atoms with Gasteiger partial charge in [0, 0.05) is 6.04 Å². The molecule has 0 saturated heterocycles. The Kier molecular flexibility index (Phi) is 3.94. The van der Waals surface area contributed by atoms with E-state index in [2.05, 4.69) is 17.4 Å². The van der Waals surface area contributed by atoms with Crippen molar-refractivity contribution in [2.45, 2.75) is 56.9 Å². The molecule has 1 unspecified atom stereocenters. The van der Waals surface area contributed by atoms with Crippen molar-refractivity contribution in [3.05, 3.63) is 35.4 Å². The number of carboxylic acids is 1. The lowest BCUT2D eigenvalue weighted by Crippen LogP contribution is -2.47. The van der Waals surface area contributed by atoms with E-state index in [1.165, 1.54) is 5.56 Å². The number of carboxylic acid groups (broad SMARTS) is 1. The van der Waals surface area contributed by atoms with Crippen LogP contribution in [0, 0.1) is 5.92 Å². The van der Waals surface area contributed by atoms with Crippen LogP contribution in [-0.4, -0.2) is 23.0 Å². The first-order valence-corrected chi connectivity index (χ1v) is 8.13. The maximum absolute atomic E-state index is 12.9. The van der Waals surface area contributed by atoms with E-state index in [1.807, 2.05) is 19.1 Å². The first kappa shape index (κ1) is 15.1. The number of benzene rings is 1. The molecule has 0 aromatic heterocycles. The summed E-state index contributed by atoms with van der Waals surface area (Å²) in [5, 5.41) is 12.2. The molecule has 4 heteroatoms. The van der Waals surface area contributed by atoms with E-state index in [4.69, 9.17) is 5.11 Å². The Balaban J connectivity index is 1.74. The van der Waals surface area contributed by atoms with Gasteiger partial charge < -0.3 is 10.4 Å². The first-order valence-electron chi connectivity index (χ1n) is 8.13. The minimum absolute atomic E-state index is 0.000450. The van der Waals surface area contributed by atoms with Gasteiger partial charge in [-0.2, -0.15) is 0 Å². The molecule has 3 atom stereocenters. The van der Waals surface area contributed by atoms with Crippen LogP contribution in [0.3, 0.4) is 0 Å². The molecule has 3 rings (SSSR count). The van der Waals surface area contributed by atoms with E-state index in [-0.39, 0.29) is 17.9 Å². The fourth-order valence-corrected chi connectivity index (χ4v) is 3.96. The van der Waals surface area contributed by atoms with Crippen molar-refractivity contribution in [2.24, 2.45) is 5.92 Å². The average molecular weight is 301 g/mol. The molecule has 0 spiro atoms. The van der Waals surface area contributed by atoms with E-state index in [1.54, 1.807) is 0 Å². The summed E-state index contributed by atoms with van der Waals surface area (Å²) in [7, 11) is 0. The zero-order valence-corrected chi connectivity index (χ0v) is 13.0. The van der Waals surface area contributed by atoms with Crippen molar-refractivity contribution in [3.63, 3.8) is 0 Å². The Morgan fingerprint density at radius 3 is 2.77 bits per heavy atom. The minimum Gasteiger partial charge on any atom is -0.481 e. The zero-order valence-electron chi connectivity index (χ0n) is 13.0. The fraction of sp³-hybridized carbons (Fsp3) is 0.556. The van der Waals surface area contributed by atoms with Crippen molar-refractivity contribution in [1.29, 1.82) is 0 Å². The second-order valence-corrected chi connectivity index (χ2v) is 6.86. The highest BCUT2D eigenvalue weighted by Crippen LogP contribution is 2.38. The number of aryl methyl sites for hydroxylation is 1. The molecule has 22 heavy (non-hydrogen) atoms. The smallest absolute Gasteiger partial charge is 0.306 e. The minimum atomic E-state index is -0.744. The number of rotatable bonds is 3. The van der Waals surface area contributed by atoms with Crippen molar-refractivity contribution < 1.29 is 14.7 Å². The Morgan fingerprint density at radius 2 is 2.05 bits per heavy atom. The Bertz CT molecular complexity index is 598. The Morgan fingerprint density at radius 1 is 1.27 bits per heavy atom. The fourth-order valence-electron chi connectivity index (χ4n) is 3.96. The Labute approximate surface area is 130 Å². The number of carbonyl (C=O) groups is 2. The average Bonchev–Trinajstić information content (AvgIpc) is 2.96. The van der Waals surface area contributed by atoms with Gasteiger partial charge >= 0.3 is 5.97 Å². The summed E-state index contributed by atoms with van der Waals surface area (Å²) in [6, 6.07) is 8.18. The molecule has 2 aliphatic rings. The third-order valence-electron chi connectivity index (χ3n) is 5.35. The highest BCUT2D eigenvalue weighted by molar-refractivity contribution is 5.89. The van der Waals surface area contributed by atoms with Crippen LogP contribution in [-0.2, 0) is 21.4 Å². The van der Waals surface area contributed by atoms with E-state index in [0.29, 0.717) is 12.8 Å². The summed E-state index contributed by atoms with van der Waals surface area (Å²) in [4.78, 5) is 23.9. The predicted octanol–water partition coefficient (Wildman–Crippen LogP) is 2.65. The van der Waals surface area contributed by atoms with Crippen LogP contribution in [0.25, 0.3) is 0 Å². The second-order valence-electron chi connectivity index (χ2n) is 6.86. The topological polar surface area (TPSA) is 66.4 Å². The molecule has 2 aliphatic carbocycles. The SMILES string of the molecule is CC1(C(=O)N[C@H]2CC[C@@H](C(=O)O)C2)CCCc2ccccc21. The van der Waals surface area contributed by atoms with Gasteiger partial charge in [-0.15, -0.1) is 0 Å². The van der Waals surface area contributed by atoms with Crippen molar-refractivity contribution >= 4 is 11.9 Å². The number of hydrogen-bond donors (Lipinski definition) is 2. The van der Waals surface area contributed by atoms with Gasteiger partial charge in [0.15, 0.2) is 0 Å². The van der Waals surface area contributed by atoms with Crippen LogP contribution in [0.15, 0.2) is 24.3 Å². The molecular weight excluding hydrogens is 278 g/mol. The highest BCUT2D eigenvalue weighted by Gasteiger charge is 2.40. The van der Waals surface area contributed by atoms with Crippen LogP contribution in [0.4, 0.5) is 0 Å². The van der Waals surface area contributed by atoms with Gasteiger partial charge in [0.2, 0.25) is 5.91 Å². The quantitative estimate of drug-likeness (QED) is 0.902. The molecule has 1 fully saturated rings. The van der Waals surface area contributed by atoms with Crippen molar-refractivity contribution in [3.8, 4) is 0 Å². The molecule has 2 N–H and O–H groups in total. The molecule has 1 saturated carbocycles. The van der Waals surface area contributed by atoms with Crippen LogP contribution in [0.5, 0.6) is 0 Å². The molecule has 0 bridgehead atoms. The highest BCUT2D eigenvalue weighted by atomic mass is 16.4. The predicted molar refractivity (Wildman–Crippen MR) is 83.6 cm³/mol. The molecular formula is C18H23NO3. The molecule has 0 radical (unpaired) electrons. The number of hydrogen-bond acceptors (Lipinski definition) is 2. The molecule has 1 aromatic carbocycles. The summed E-state index contributed by atoms with van der Waals surface area (Å²) in [5.41, 5.74) is 1.91. The van der Waals surface area contributed by atoms with Gasteiger partial charge in [0.05, 0.1) is 11.3 Å². The molecule has 0 aliphatic heterocycles. The van der Waals surface area contributed by atoms with Gasteiger partial charge in [-0.25, -0.2) is 0 Å². The van der Waals surface area contributed by atoms with E-state index >= 15 is 0 Å². The lowest BCUT2D eigenvalue weighted by Gasteiger charge is -2.35. The van der Waals surface area contributed by atoms with Crippen molar-refractivity contribution in [2.75, 3.05) is 0 Å². The summed E-state index contributed by atoms with van der Waals surface area (Å²) < 4.78 is 0.